The van der Waals surface area contributed by atoms with Crippen LogP contribution < -0.4 is 11.1 Å². The molecule has 0 spiro atoms. The maximum absolute atomic E-state index is 12.3. The molecule has 0 aliphatic heterocycles. The third kappa shape index (κ3) is 6.03. The van der Waals surface area contributed by atoms with E-state index >= 15 is 0 Å². The van der Waals surface area contributed by atoms with Gasteiger partial charge in [-0.1, -0.05) is 42.8 Å². The van der Waals surface area contributed by atoms with Crippen LogP contribution in [0.15, 0.2) is 28.7 Å². The van der Waals surface area contributed by atoms with Gasteiger partial charge in [-0.15, -0.1) is 0 Å². The van der Waals surface area contributed by atoms with Crippen molar-refractivity contribution in [1.29, 1.82) is 0 Å². The molecule has 1 atom stereocenters. The summed E-state index contributed by atoms with van der Waals surface area (Å²) in [5.41, 5.74) is 5.89. The Morgan fingerprint density at radius 2 is 1.96 bits per heavy atom. The predicted molar refractivity (Wildman–Crippen MR) is 102 cm³/mol. The fourth-order valence-electron chi connectivity index (χ4n) is 1.81. The molecular formula is C17H27BrN2O3Si. The molecule has 3 N–H and O–H groups in total. The molecule has 0 unspecified atom stereocenters. The average molecular weight is 415 g/mol. The van der Waals surface area contributed by atoms with E-state index < -0.39 is 20.3 Å². The normalized spacial score (nSPS) is 13.4. The first-order valence-electron chi connectivity index (χ1n) is 7.94. The molecule has 7 heteroatoms. The number of benzene rings is 1. The van der Waals surface area contributed by atoms with Crippen LogP contribution in [0.3, 0.4) is 0 Å². The molecule has 0 bridgehead atoms. The van der Waals surface area contributed by atoms with E-state index in [4.69, 9.17) is 10.2 Å². The Morgan fingerprint density at radius 3 is 2.46 bits per heavy atom. The minimum atomic E-state index is -1.89. The van der Waals surface area contributed by atoms with Crippen molar-refractivity contribution in [3.63, 3.8) is 0 Å². The molecule has 0 aromatic heterocycles. The molecule has 134 valence electrons. The van der Waals surface area contributed by atoms with E-state index in [0.717, 1.165) is 4.47 Å². The first-order valence-corrected chi connectivity index (χ1v) is 11.6. The molecule has 0 aliphatic carbocycles. The number of hydrogen-bond donors (Lipinski definition) is 2. The zero-order chi connectivity index (χ0) is 18.5. The lowest BCUT2D eigenvalue weighted by Crippen LogP contribution is -2.47. The zero-order valence-corrected chi connectivity index (χ0v) is 17.6. The van der Waals surface area contributed by atoms with Crippen LogP contribution in [-0.4, -0.2) is 32.8 Å². The van der Waals surface area contributed by atoms with Crippen LogP contribution in [0.1, 0.15) is 37.6 Å². The molecule has 5 nitrogen and oxygen atoms in total. The van der Waals surface area contributed by atoms with Gasteiger partial charge in [0.2, 0.25) is 5.91 Å². The molecule has 1 rings (SSSR count). The Bertz CT molecular complexity index is 600. The minimum absolute atomic E-state index is 0.0920. The fraction of sp³-hybridized carbons (Fsp3) is 0.529. The Balaban J connectivity index is 2.65. The number of primary amides is 1. The summed E-state index contributed by atoms with van der Waals surface area (Å²) in [5, 5.41) is 2.78. The summed E-state index contributed by atoms with van der Waals surface area (Å²) >= 11 is 3.32. The standard InChI is InChI=1S/C17H27BrN2O3Si/c1-17(2,3)24(4,5)23-10-9-14(15(19)21)20-16(22)12-7-6-8-13(18)11-12/h6-8,11,14H,9-10H2,1-5H3,(H2,19,21)(H,20,22)/t14-/m1/s1. The van der Waals surface area contributed by atoms with E-state index in [1.807, 2.05) is 6.07 Å². The highest BCUT2D eigenvalue weighted by atomic mass is 79.9. The second-order valence-electron chi connectivity index (χ2n) is 7.34. The quantitative estimate of drug-likeness (QED) is 0.670. The summed E-state index contributed by atoms with van der Waals surface area (Å²) in [6, 6.07) is 6.22. The second-order valence-corrected chi connectivity index (χ2v) is 13.1. The Kier molecular flexibility index (Phi) is 7.19. The topological polar surface area (TPSA) is 81.4 Å². The average Bonchev–Trinajstić information content (AvgIpc) is 2.44. The summed E-state index contributed by atoms with van der Waals surface area (Å²) in [4.78, 5) is 23.9. The highest BCUT2D eigenvalue weighted by Crippen LogP contribution is 2.36. The first-order chi connectivity index (χ1) is 10.9. The lowest BCUT2D eigenvalue weighted by atomic mass is 10.1. The summed E-state index contributed by atoms with van der Waals surface area (Å²) < 4.78 is 6.85. The van der Waals surface area contributed by atoms with Crippen molar-refractivity contribution in [2.45, 2.75) is 51.4 Å². The Hall–Kier alpha value is -1.18. The Morgan fingerprint density at radius 1 is 1.33 bits per heavy atom. The molecule has 0 fully saturated rings. The van der Waals surface area contributed by atoms with Gasteiger partial charge in [0.15, 0.2) is 8.32 Å². The van der Waals surface area contributed by atoms with Crippen molar-refractivity contribution >= 4 is 36.1 Å². The van der Waals surface area contributed by atoms with Gasteiger partial charge in [-0.2, -0.15) is 0 Å². The third-order valence-electron chi connectivity index (χ3n) is 4.41. The van der Waals surface area contributed by atoms with E-state index in [1.54, 1.807) is 18.2 Å². The second kappa shape index (κ2) is 8.27. The van der Waals surface area contributed by atoms with Crippen LogP contribution >= 0.6 is 15.9 Å². The van der Waals surface area contributed by atoms with Gasteiger partial charge >= 0.3 is 0 Å². The first kappa shape index (κ1) is 20.9. The van der Waals surface area contributed by atoms with E-state index in [-0.39, 0.29) is 10.9 Å². The van der Waals surface area contributed by atoms with E-state index in [9.17, 15) is 9.59 Å². The fourth-order valence-corrected chi connectivity index (χ4v) is 3.27. The highest BCUT2D eigenvalue weighted by molar-refractivity contribution is 9.10. The van der Waals surface area contributed by atoms with E-state index in [1.165, 1.54) is 0 Å². The van der Waals surface area contributed by atoms with Crippen LogP contribution in [0.5, 0.6) is 0 Å². The largest absolute Gasteiger partial charge is 0.417 e. The van der Waals surface area contributed by atoms with Gasteiger partial charge in [-0.25, -0.2) is 0 Å². The summed E-state index contributed by atoms with van der Waals surface area (Å²) in [7, 11) is -1.89. The lowest BCUT2D eigenvalue weighted by molar-refractivity contribution is -0.120. The van der Waals surface area contributed by atoms with Gasteiger partial charge in [-0.3, -0.25) is 9.59 Å². The van der Waals surface area contributed by atoms with Crippen LogP contribution in [-0.2, 0) is 9.22 Å². The number of amides is 2. The smallest absolute Gasteiger partial charge is 0.251 e. The molecule has 24 heavy (non-hydrogen) atoms. The minimum Gasteiger partial charge on any atom is -0.417 e. The van der Waals surface area contributed by atoms with Crippen LogP contribution in [0.4, 0.5) is 0 Å². The third-order valence-corrected chi connectivity index (χ3v) is 9.44. The molecule has 0 saturated heterocycles. The molecule has 2 amide bonds. The van der Waals surface area contributed by atoms with Gasteiger partial charge in [0, 0.05) is 16.6 Å². The number of nitrogens with one attached hydrogen (secondary N) is 1. The van der Waals surface area contributed by atoms with E-state index in [0.29, 0.717) is 18.6 Å². The molecule has 0 aliphatic rings. The van der Waals surface area contributed by atoms with Crippen LogP contribution in [0.25, 0.3) is 0 Å². The number of hydrogen-bond acceptors (Lipinski definition) is 3. The van der Waals surface area contributed by atoms with Gasteiger partial charge < -0.3 is 15.5 Å². The van der Waals surface area contributed by atoms with Crippen LogP contribution in [0, 0.1) is 0 Å². The molecule has 0 radical (unpaired) electrons. The summed E-state index contributed by atoms with van der Waals surface area (Å²) in [6.45, 7) is 11.1. The van der Waals surface area contributed by atoms with Crippen LogP contribution in [0.2, 0.25) is 18.1 Å². The molecular weight excluding hydrogens is 388 g/mol. The monoisotopic (exact) mass is 414 g/mol. The van der Waals surface area contributed by atoms with Gasteiger partial charge in [0.05, 0.1) is 0 Å². The molecule has 1 aromatic rings. The Labute approximate surface area is 153 Å². The predicted octanol–water partition coefficient (Wildman–Crippen LogP) is 3.44. The van der Waals surface area contributed by atoms with Gasteiger partial charge in [-0.05, 0) is 42.8 Å². The van der Waals surface area contributed by atoms with Crippen molar-refractivity contribution in [3.05, 3.63) is 34.3 Å². The SMILES string of the molecule is CC(C)(C)[Si](C)(C)OCC[C@@H](NC(=O)c1cccc(Br)c1)C(N)=O. The highest BCUT2D eigenvalue weighted by Gasteiger charge is 2.37. The van der Waals surface area contributed by atoms with Crippen molar-refractivity contribution in [2.75, 3.05) is 6.61 Å². The number of halogens is 1. The molecule has 1 aromatic carbocycles. The van der Waals surface area contributed by atoms with Crippen molar-refractivity contribution < 1.29 is 14.0 Å². The van der Waals surface area contributed by atoms with Crippen molar-refractivity contribution in [1.82, 2.24) is 5.32 Å². The van der Waals surface area contributed by atoms with Gasteiger partial charge in [0.25, 0.3) is 5.91 Å². The maximum atomic E-state index is 12.3. The number of rotatable bonds is 7. The molecule has 0 heterocycles. The zero-order valence-electron chi connectivity index (χ0n) is 15.0. The maximum Gasteiger partial charge on any atom is 0.251 e. The summed E-state index contributed by atoms with van der Waals surface area (Å²) in [5.74, 6) is -0.885. The van der Waals surface area contributed by atoms with Crippen molar-refractivity contribution in [3.8, 4) is 0 Å². The number of carbonyl (C=O) groups is 2. The van der Waals surface area contributed by atoms with Gasteiger partial charge in [0.1, 0.15) is 6.04 Å². The van der Waals surface area contributed by atoms with E-state index in [2.05, 4.69) is 55.1 Å². The van der Waals surface area contributed by atoms with Crippen molar-refractivity contribution in [2.24, 2.45) is 5.73 Å². The summed E-state index contributed by atoms with van der Waals surface area (Å²) in [6.07, 6.45) is 0.363. The lowest BCUT2D eigenvalue weighted by Gasteiger charge is -2.36. The number of nitrogens with two attached hydrogens (primary N) is 1. The number of carbonyl (C=O) groups excluding carboxylic acids is 2. The molecule has 0 saturated carbocycles.